The third-order valence-corrected chi connectivity index (χ3v) is 5.71. The van der Waals surface area contributed by atoms with E-state index in [1.165, 1.54) is 42.8 Å². The molecule has 4 atom stereocenters. The van der Waals surface area contributed by atoms with Gasteiger partial charge < -0.3 is 0 Å². The van der Waals surface area contributed by atoms with Crippen molar-refractivity contribution in [3.63, 3.8) is 0 Å². The number of aromatic nitrogens is 1. The quantitative estimate of drug-likeness (QED) is 0.748. The van der Waals surface area contributed by atoms with Crippen molar-refractivity contribution in [1.29, 1.82) is 0 Å². The highest BCUT2D eigenvalue weighted by atomic mass is 32.1. The number of fused-ring (bicyclic) bond motifs is 2. The predicted octanol–water partition coefficient (Wildman–Crippen LogP) is 4.56. The SMILES string of the molecule is CCC(C)c1csc(C2CC3CCC2C3)n1. The van der Waals surface area contributed by atoms with E-state index in [-0.39, 0.29) is 0 Å². The molecule has 2 aliphatic rings. The van der Waals surface area contributed by atoms with Gasteiger partial charge >= 0.3 is 0 Å². The number of rotatable bonds is 3. The molecule has 2 fully saturated rings. The second-order valence-electron chi connectivity index (χ2n) is 5.70. The van der Waals surface area contributed by atoms with Crippen LogP contribution >= 0.6 is 11.3 Å². The molecule has 1 nitrogen and oxygen atoms in total. The Kier molecular flexibility index (Phi) is 2.78. The molecule has 2 bridgehead atoms. The Labute approximate surface area is 102 Å². The van der Waals surface area contributed by atoms with E-state index in [1.54, 1.807) is 0 Å². The van der Waals surface area contributed by atoms with E-state index in [0.717, 1.165) is 17.8 Å². The van der Waals surface area contributed by atoms with Gasteiger partial charge in [0.1, 0.15) is 0 Å². The van der Waals surface area contributed by atoms with Gasteiger partial charge in [-0.05, 0) is 43.4 Å². The van der Waals surface area contributed by atoms with Gasteiger partial charge in [0.25, 0.3) is 0 Å². The van der Waals surface area contributed by atoms with Crippen LogP contribution in [-0.4, -0.2) is 4.98 Å². The lowest BCUT2D eigenvalue weighted by Crippen LogP contribution is -2.08. The van der Waals surface area contributed by atoms with Crippen LogP contribution in [0, 0.1) is 11.8 Å². The Morgan fingerprint density at radius 1 is 1.44 bits per heavy atom. The minimum Gasteiger partial charge on any atom is -0.246 e. The van der Waals surface area contributed by atoms with E-state index in [9.17, 15) is 0 Å². The maximum atomic E-state index is 4.90. The number of thiazole rings is 1. The van der Waals surface area contributed by atoms with Crippen LogP contribution in [0.1, 0.15) is 68.5 Å². The van der Waals surface area contributed by atoms with Gasteiger partial charge in [-0.1, -0.05) is 20.3 Å². The molecule has 2 saturated carbocycles. The first-order valence-corrected chi connectivity index (χ1v) is 7.61. The van der Waals surface area contributed by atoms with Crippen molar-refractivity contribution in [1.82, 2.24) is 4.98 Å². The molecular weight excluding hydrogens is 214 g/mol. The fraction of sp³-hybridized carbons (Fsp3) is 0.786. The third-order valence-electron chi connectivity index (χ3n) is 4.71. The van der Waals surface area contributed by atoms with E-state index >= 15 is 0 Å². The molecule has 4 unspecified atom stereocenters. The summed E-state index contributed by atoms with van der Waals surface area (Å²) in [6.07, 6.45) is 7.08. The van der Waals surface area contributed by atoms with Crippen LogP contribution in [0.3, 0.4) is 0 Å². The molecule has 1 aromatic rings. The van der Waals surface area contributed by atoms with Crippen LogP contribution in [0.15, 0.2) is 5.38 Å². The average Bonchev–Trinajstić information content (AvgIpc) is 3.02. The Morgan fingerprint density at radius 2 is 2.31 bits per heavy atom. The highest BCUT2D eigenvalue weighted by Gasteiger charge is 2.41. The van der Waals surface area contributed by atoms with Crippen molar-refractivity contribution in [2.75, 3.05) is 0 Å². The first-order valence-electron chi connectivity index (χ1n) is 6.73. The maximum Gasteiger partial charge on any atom is 0.0962 e. The highest BCUT2D eigenvalue weighted by Crippen LogP contribution is 2.53. The topological polar surface area (TPSA) is 12.9 Å². The van der Waals surface area contributed by atoms with E-state index in [2.05, 4.69) is 19.2 Å². The van der Waals surface area contributed by atoms with Crippen molar-refractivity contribution >= 4 is 11.3 Å². The summed E-state index contributed by atoms with van der Waals surface area (Å²) in [7, 11) is 0. The highest BCUT2D eigenvalue weighted by molar-refractivity contribution is 7.09. The monoisotopic (exact) mass is 235 g/mol. The molecule has 3 rings (SSSR count). The van der Waals surface area contributed by atoms with Gasteiger partial charge in [-0.3, -0.25) is 0 Å². The fourth-order valence-corrected chi connectivity index (χ4v) is 4.60. The second kappa shape index (κ2) is 4.14. The summed E-state index contributed by atoms with van der Waals surface area (Å²) in [6.45, 7) is 4.54. The van der Waals surface area contributed by atoms with Crippen molar-refractivity contribution in [2.24, 2.45) is 11.8 Å². The predicted molar refractivity (Wildman–Crippen MR) is 69.0 cm³/mol. The molecule has 88 valence electrons. The average molecular weight is 235 g/mol. The largest absolute Gasteiger partial charge is 0.246 e. The Morgan fingerprint density at radius 3 is 2.94 bits per heavy atom. The molecule has 0 saturated heterocycles. The smallest absolute Gasteiger partial charge is 0.0962 e. The minimum absolute atomic E-state index is 0.642. The second-order valence-corrected chi connectivity index (χ2v) is 6.59. The van der Waals surface area contributed by atoms with Gasteiger partial charge in [0.2, 0.25) is 0 Å². The number of hydrogen-bond donors (Lipinski definition) is 0. The molecule has 0 spiro atoms. The van der Waals surface area contributed by atoms with Crippen LogP contribution in [0.25, 0.3) is 0 Å². The van der Waals surface area contributed by atoms with E-state index in [4.69, 9.17) is 4.98 Å². The molecule has 2 heteroatoms. The van der Waals surface area contributed by atoms with Crippen molar-refractivity contribution in [2.45, 2.75) is 57.8 Å². The third kappa shape index (κ3) is 1.71. The van der Waals surface area contributed by atoms with E-state index in [1.807, 2.05) is 11.3 Å². The van der Waals surface area contributed by atoms with Gasteiger partial charge in [0.15, 0.2) is 0 Å². The van der Waals surface area contributed by atoms with Gasteiger partial charge in [-0.2, -0.15) is 0 Å². The normalized spacial score (nSPS) is 34.5. The van der Waals surface area contributed by atoms with Gasteiger partial charge in [-0.15, -0.1) is 11.3 Å². The van der Waals surface area contributed by atoms with Crippen LogP contribution in [0.5, 0.6) is 0 Å². The molecule has 16 heavy (non-hydrogen) atoms. The zero-order chi connectivity index (χ0) is 11.1. The lowest BCUT2D eigenvalue weighted by Gasteiger charge is -2.19. The van der Waals surface area contributed by atoms with E-state index < -0.39 is 0 Å². The van der Waals surface area contributed by atoms with Gasteiger partial charge in [0.05, 0.1) is 10.7 Å². The molecular formula is C14H21NS. The minimum atomic E-state index is 0.642. The van der Waals surface area contributed by atoms with Crippen LogP contribution in [0.2, 0.25) is 0 Å². The number of nitrogens with zero attached hydrogens (tertiary/aromatic N) is 1. The molecule has 1 aromatic heterocycles. The van der Waals surface area contributed by atoms with Crippen LogP contribution < -0.4 is 0 Å². The van der Waals surface area contributed by atoms with E-state index in [0.29, 0.717) is 5.92 Å². The molecule has 1 heterocycles. The summed E-state index contributed by atoms with van der Waals surface area (Å²) in [5, 5.41) is 3.75. The summed E-state index contributed by atoms with van der Waals surface area (Å²) < 4.78 is 0. The molecule has 0 radical (unpaired) electrons. The Hall–Kier alpha value is -0.370. The van der Waals surface area contributed by atoms with Crippen molar-refractivity contribution in [3.8, 4) is 0 Å². The summed E-state index contributed by atoms with van der Waals surface area (Å²) >= 11 is 1.92. The first kappa shape index (κ1) is 10.8. The number of hydrogen-bond acceptors (Lipinski definition) is 2. The Balaban J connectivity index is 1.77. The maximum absolute atomic E-state index is 4.90. The lowest BCUT2D eigenvalue weighted by atomic mass is 9.89. The van der Waals surface area contributed by atoms with Crippen molar-refractivity contribution < 1.29 is 0 Å². The van der Waals surface area contributed by atoms with Crippen molar-refractivity contribution in [3.05, 3.63) is 16.1 Å². The molecule has 0 amide bonds. The summed E-state index contributed by atoms with van der Waals surface area (Å²) in [5.41, 5.74) is 1.34. The summed E-state index contributed by atoms with van der Waals surface area (Å²) in [6, 6.07) is 0. The van der Waals surface area contributed by atoms with Gasteiger partial charge in [-0.25, -0.2) is 4.98 Å². The lowest BCUT2D eigenvalue weighted by molar-refractivity contribution is 0.418. The van der Waals surface area contributed by atoms with Crippen LogP contribution in [0.4, 0.5) is 0 Å². The molecule has 0 aliphatic heterocycles. The van der Waals surface area contributed by atoms with Gasteiger partial charge in [0, 0.05) is 11.3 Å². The molecule has 2 aliphatic carbocycles. The summed E-state index contributed by atoms with van der Waals surface area (Å²) in [5.74, 6) is 3.47. The zero-order valence-electron chi connectivity index (χ0n) is 10.3. The molecule has 0 N–H and O–H groups in total. The Bertz CT molecular complexity index is 371. The molecule has 0 aromatic carbocycles. The zero-order valence-corrected chi connectivity index (χ0v) is 11.1. The first-order chi connectivity index (χ1) is 7.78. The fourth-order valence-electron chi connectivity index (χ4n) is 3.45. The summed E-state index contributed by atoms with van der Waals surface area (Å²) in [4.78, 5) is 4.90. The standard InChI is InChI=1S/C14H21NS/c1-3-9(2)13-8-16-14(15-13)12-7-10-4-5-11(12)6-10/h8-12H,3-7H2,1-2H3. The van der Waals surface area contributed by atoms with Crippen LogP contribution in [-0.2, 0) is 0 Å².